The Morgan fingerprint density at radius 3 is 2.27 bits per heavy atom. The summed E-state index contributed by atoms with van der Waals surface area (Å²) >= 11 is 0. The molecule has 84 valence electrons. The van der Waals surface area contributed by atoms with Crippen molar-refractivity contribution in [1.29, 1.82) is 0 Å². The summed E-state index contributed by atoms with van der Waals surface area (Å²) in [7, 11) is 1.72. The van der Waals surface area contributed by atoms with Gasteiger partial charge in [-0.05, 0) is 37.7 Å². The first-order valence-electron chi connectivity index (χ1n) is 4.83. The van der Waals surface area contributed by atoms with Crippen molar-refractivity contribution in [3.63, 3.8) is 0 Å². The molecule has 0 radical (unpaired) electrons. The van der Waals surface area contributed by atoms with E-state index in [2.05, 4.69) is 5.32 Å². The third-order valence-electron chi connectivity index (χ3n) is 2.31. The monoisotopic (exact) mass is 217 g/mol. The standard InChI is InChI=1S/C11H14F3N/c1-15-7-6-10(11(13)14)8-2-4-9(12)5-3-8/h2-5,10-11,15H,6-7H2,1H3. The molecule has 1 aromatic rings. The lowest BCUT2D eigenvalue weighted by molar-refractivity contribution is 0.110. The van der Waals surface area contributed by atoms with Gasteiger partial charge < -0.3 is 5.32 Å². The van der Waals surface area contributed by atoms with Crippen LogP contribution in [0, 0.1) is 5.82 Å². The Kier molecular flexibility index (Phi) is 4.62. The zero-order valence-corrected chi connectivity index (χ0v) is 8.51. The van der Waals surface area contributed by atoms with E-state index < -0.39 is 18.2 Å². The Hall–Kier alpha value is -1.03. The molecule has 0 aliphatic carbocycles. The minimum Gasteiger partial charge on any atom is -0.320 e. The third kappa shape index (κ3) is 3.55. The largest absolute Gasteiger partial charge is 0.320 e. The second kappa shape index (κ2) is 5.75. The molecule has 0 aliphatic heterocycles. The van der Waals surface area contributed by atoms with Crippen molar-refractivity contribution in [3.05, 3.63) is 35.6 Å². The maximum atomic E-state index is 12.7. The van der Waals surface area contributed by atoms with E-state index in [1.807, 2.05) is 0 Å². The minimum atomic E-state index is -2.41. The molecule has 0 amide bonds. The fourth-order valence-corrected chi connectivity index (χ4v) is 1.45. The lowest BCUT2D eigenvalue weighted by atomic mass is 9.96. The van der Waals surface area contributed by atoms with Gasteiger partial charge in [-0.25, -0.2) is 13.2 Å². The van der Waals surface area contributed by atoms with E-state index in [4.69, 9.17) is 0 Å². The van der Waals surface area contributed by atoms with E-state index in [-0.39, 0.29) is 0 Å². The average molecular weight is 217 g/mol. The maximum absolute atomic E-state index is 12.7. The molecule has 1 aromatic carbocycles. The van der Waals surface area contributed by atoms with Gasteiger partial charge in [0.15, 0.2) is 0 Å². The molecule has 1 N–H and O–H groups in total. The highest BCUT2D eigenvalue weighted by Gasteiger charge is 2.21. The van der Waals surface area contributed by atoms with Crippen LogP contribution in [-0.2, 0) is 0 Å². The fraction of sp³-hybridized carbons (Fsp3) is 0.455. The molecular weight excluding hydrogens is 203 g/mol. The van der Waals surface area contributed by atoms with Gasteiger partial charge in [-0.1, -0.05) is 12.1 Å². The van der Waals surface area contributed by atoms with E-state index in [0.29, 0.717) is 18.5 Å². The number of alkyl halides is 2. The number of halogens is 3. The summed E-state index contributed by atoms with van der Waals surface area (Å²) in [6.07, 6.45) is -2.07. The number of rotatable bonds is 5. The summed E-state index contributed by atoms with van der Waals surface area (Å²) in [5.41, 5.74) is 0.488. The summed E-state index contributed by atoms with van der Waals surface area (Å²) in [6.45, 7) is 0.520. The van der Waals surface area contributed by atoms with Crippen molar-refractivity contribution < 1.29 is 13.2 Å². The minimum absolute atomic E-state index is 0.347. The predicted molar refractivity (Wildman–Crippen MR) is 53.7 cm³/mol. The normalized spacial score (nSPS) is 13.1. The van der Waals surface area contributed by atoms with Crippen LogP contribution in [0.4, 0.5) is 13.2 Å². The molecule has 0 saturated heterocycles. The Morgan fingerprint density at radius 1 is 1.20 bits per heavy atom. The van der Waals surface area contributed by atoms with E-state index >= 15 is 0 Å². The number of hydrogen-bond acceptors (Lipinski definition) is 1. The van der Waals surface area contributed by atoms with Crippen LogP contribution >= 0.6 is 0 Å². The van der Waals surface area contributed by atoms with Crippen molar-refractivity contribution in [3.8, 4) is 0 Å². The Labute approximate surface area is 87.3 Å². The maximum Gasteiger partial charge on any atom is 0.245 e. The predicted octanol–water partition coefficient (Wildman–Crippen LogP) is 2.78. The number of nitrogens with one attached hydrogen (secondary N) is 1. The van der Waals surface area contributed by atoms with Gasteiger partial charge in [-0.15, -0.1) is 0 Å². The smallest absolute Gasteiger partial charge is 0.245 e. The Morgan fingerprint density at radius 2 is 1.80 bits per heavy atom. The third-order valence-corrected chi connectivity index (χ3v) is 2.31. The second-order valence-corrected chi connectivity index (χ2v) is 3.38. The van der Waals surface area contributed by atoms with Crippen molar-refractivity contribution >= 4 is 0 Å². The molecule has 1 rings (SSSR count). The molecule has 15 heavy (non-hydrogen) atoms. The summed E-state index contributed by atoms with van der Waals surface area (Å²) in [4.78, 5) is 0. The molecule has 0 spiro atoms. The molecule has 4 heteroatoms. The van der Waals surface area contributed by atoms with Gasteiger partial charge >= 0.3 is 0 Å². The second-order valence-electron chi connectivity index (χ2n) is 3.38. The van der Waals surface area contributed by atoms with Gasteiger partial charge in [-0.2, -0.15) is 0 Å². The first kappa shape index (κ1) is 12.0. The van der Waals surface area contributed by atoms with Crippen LogP contribution in [-0.4, -0.2) is 20.0 Å². The lowest BCUT2D eigenvalue weighted by Crippen LogP contribution is -2.17. The van der Waals surface area contributed by atoms with Crippen LogP contribution in [0.1, 0.15) is 17.9 Å². The van der Waals surface area contributed by atoms with Gasteiger partial charge in [0.2, 0.25) is 6.43 Å². The molecule has 0 saturated carbocycles. The SMILES string of the molecule is CNCCC(c1ccc(F)cc1)C(F)F. The zero-order valence-electron chi connectivity index (χ0n) is 8.51. The molecular formula is C11H14F3N. The Balaban J connectivity index is 2.74. The molecule has 1 nitrogen and oxygen atoms in total. The highest BCUT2D eigenvalue weighted by Crippen LogP contribution is 2.26. The lowest BCUT2D eigenvalue weighted by Gasteiger charge is -2.16. The average Bonchev–Trinajstić information content (AvgIpc) is 2.21. The van der Waals surface area contributed by atoms with Gasteiger partial charge in [0.05, 0.1) is 0 Å². The topological polar surface area (TPSA) is 12.0 Å². The van der Waals surface area contributed by atoms with Crippen molar-refractivity contribution in [2.24, 2.45) is 0 Å². The molecule has 0 heterocycles. The van der Waals surface area contributed by atoms with E-state index in [1.165, 1.54) is 24.3 Å². The Bertz CT molecular complexity index is 284. The van der Waals surface area contributed by atoms with Crippen LogP contribution in [0.3, 0.4) is 0 Å². The van der Waals surface area contributed by atoms with E-state index in [9.17, 15) is 13.2 Å². The van der Waals surface area contributed by atoms with Gasteiger partial charge in [0.1, 0.15) is 5.82 Å². The quantitative estimate of drug-likeness (QED) is 0.799. The fourth-order valence-electron chi connectivity index (χ4n) is 1.45. The van der Waals surface area contributed by atoms with Crippen LogP contribution < -0.4 is 5.32 Å². The zero-order chi connectivity index (χ0) is 11.3. The van der Waals surface area contributed by atoms with Crippen LogP contribution in [0.15, 0.2) is 24.3 Å². The summed E-state index contributed by atoms with van der Waals surface area (Å²) < 4.78 is 38.0. The summed E-state index contributed by atoms with van der Waals surface area (Å²) in [6, 6.07) is 5.26. The van der Waals surface area contributed by atoms with E-state index in [1.54, 1.807) is 7.05 Å². The highest BCUT2D eigenvalue weighted by molar-refractivity contribution is 5.21. The molecule has 0 fully saturated rings. The van der Waals surface area contributed by atoms with Crippen LogP contribution in [0.2, 0.25) is 0 Å². The molecule has 1 atom stereocenters. The molecule has 1 unspecified atom stereocenters. The summed E-state index contributed by atoms with van der Waals surface area (Å²) in [5.74, 6) is -1.22. The molecule has 0 bridgehead atoms. The summed E-state index contributed by atoms with van der Waals surface area (Å²) in [5, 5.41) is 2.83. The van der Waals surface area contributed by atoms with Crippen LogP contribution in [0.5, 0.6) is 0 Å². The molecule has 0 aromatic heterocycles. The van der Waals surface area contributed by atoms with Crippen molar-refractivity contribution in [2.45, 2.75) is 18.8 Å². The first-order chi connectivity index (χ1) is 7.15. The van der Waals surface area contributed by atoms with Crippen molar-refractivity contribution in [2.75, 3.05) is 13.6 Å². The number of benzene rings is 1. The first-order valence-corrected chi connectivity index (χ1v) is 4.83. The highest BCUT2D eigenvalue weighted by atomic mass is 19.3. The number of hydrogen-bond donors (Lipinski definition) is 1. The van der Waals surface area contributed by atoms with Gasteiger partial charge in [0, 0.05) is 5.92 Å². The van der Waals surface area contributed by atoms with Crippen molar-refractivity contribution in [1.82, 2.24) is 5.32 Å². The van der Waals surface area contributed by atoms with E-state index in [0.717, 1.165) is 0 Å². The molecule has 0 aliphatic rings. The van der Waals surface area contributed by atoms with Gasteiger partial charge in [-0.3, -0.25) is 0 Å². The van der Waals surface area contributed by atoms with Crippen LogP contribution in [0.25, 0.3) is 0 Å². The van der Waals surface area contributed by atoms with Gasteiger partial charge in [0.25, 0.3) is 0 Å².